The summed E-state index contributed by atoms with van der Waals surface area (Å²) in [4.78, 5) is 0. The van der Waals surface area contributed by atoms with Gasteiger partial charge in [0.15, 0.2) is 5.11 Å². The summed E-state index contributed by atoms with van der Waals surface area (Å²) >= 11 is 4.59. The van der Waals surface area contributed by atoms with Crippen LogP contribution in [0.2, 0.25) is 0 Å². The van der Waals surface area contributed by atoms with Gasteiger partial charge in [-0.3, -0.25) is 5.43 Å². The van der Waals surface area contributed by atoms with Gasteiger partial charge in [0.2, 0.25) is 0 Å². The third-order valence-electron chi connectivity index (χ3n) is 3.90. The zero-order valence-corrected chi connectivity index (χ0v) is 16.7. The number of hydrogen-bond donors (Lipinski definition) is 4. The summed E-state index contributed by atoms with van der Waals surface area (Å²) in [6.45, 7) is 4.54. The number of nitrogens with one attached hydrogen (secondary N) is 3. The summed E-state index contributed by atoms with van der Waals surface area (Å²) in [5.41, 5.74) is 8.79. The van der Waals surface area contributed by atoms with Crippen molar-refractivity contribution in [2.75, 3.05) is 11.9 Å². The normalized spacial score (nSPS) is 12.3. The molecule has 2 aromatic carbocycles. The second kappa shape index (κ2) is 10.7. The number of halogens is 2. The van der Waals surface area contributed by atoms with E-state index in [4.69, 9.17) is 5.73 Å². The molecule has 5 nitrogen and oxygen atoms in total. The minimum Gasteiger partial charge on any atom is -0.381 e. The fourth-order valence-electron chi connectivity index (χ4n) is 2.76. The average molecular weight is 406 g/mol. The Morgan fingerprint density at radius 2 is 1.89 bits per heavy atom. The molecule has 0 aromatic heterocycles. The van der Waals surface area contributed by atoms with Gasteiger partial charge in [-0.1, -0.05) is 44.2 Å². The van der Waals surface area contributed by atoms with E-state index in [2.05, 4.69) is 33.4 Å². The molecular weight excluding hydrogens is 380 g/mol. The Morgan fingerprint density at radius 3 is 2.54 bits per heavy atom. The van der Waals surface area contributed by atoms with Gasteiger partial charge in [0, 0.05) is 30.3 Å². The van der Waals surface area contributed by atoms with Crippen molar-refractivity contribution in [3.63, 3.8) is 0 Å². The predicted octanol–water partition coefficient (Wildman–Crippen LogP) is 3.15. The maximum Gasteiger partial charge on any atom is 0.184 e. The monoisotopic (exact) mass is 405 g/mol. The van der Waals surface area contributed by atoms with Gasteiger partial charge in [-0.05, 0) is 30.3 Å². The van der Waals surface area contributed by atoms with Crippen LogP contribution in [0.15, 0.2) is 47.6 Å². The molecule has 2 aromatic rings. The quantitative estimate of drug-likeness (QED) is 0.293. The molecule has 0 saturated heterocycles. The molecule has 0 bridgehead atoms. The molecule has 8 heteroatoms. The number of benzene rings is 2. The van der Waals surface area contributed by atoms with Crippen molar-refractivity contribution >= 4 is 29.2 Å². The number of hydrazone groups is 1. The van der Waals surface area contributed by atoms with Gasteiger partial charge in [0.05, 0.1) is 11.9 Å². The van der Waals surface area contributed by atoms with Crippen LogP contribution in [0.25, 0.3) is 0 Å². The Bertz CT molecular complexity index is 812. The molecule has 2 rings (SSSR count). The fourth-order valence-corrected chi connectivity index (χ4v) is 2.81. The smallest absolute Gasteiger partial charge is 0.184 e. The van der Waals surface area contributed by atoms with Gasteiger partial charge in [-0.25, -0.2) is 8.78 Å². The first-order chi connectivity index (χ1) is 13.3. The Hall–Kier alpha value is -2.58. The highest BCUT2D eigenvalue weighted by Crippen LogP contribution is 2.19. The summed E-state index contributed by atoms with van der Waals surface area (Å²) in [5, 5.41) is 10.0. The molecule has 150 valence electrons. The van der Waals surface area contributed by atoms with Gasteiger partial charge < -0.3 is 16.4 Å². The van der Waals surface area contributed by atoms with Crippen molar-refractivity contribution in [3.05, 3.63) is 65.2 Å². The van der Waals surface area contributed by atoms with Crippen LogP contribution in [-0.2, 0) is 6.42 Å². The van der Waals surface area contributed by atoms with Gasteiger partial charge in [-0.2, -0.15) is 5.10 Å². The minimum atomic E-state index is -0.603. The summed E-state index contributed by atoms with van der Waals surface area (Å²) in [6.07, 6.45) is 1.89. The topological polar surface area (TPSA) is 74.5 Å². The maximum atomic E-state index is 14.4. The number of anilines is 1. The number of thiocarbonyl (C=S) groups is 1. The Morgan fingerprint density at radius 1 is 1.18 bits per heavy atom. The van der Waals surface area contributed by atoms with E-state index in [-0.39, 0.29) is 28.4 Å². The van der Waals surface area contributed by atoms with Crippen LogP contribution >= 0.6 is 12.2 Å². The summed E-state index contributed by atoms with van der Waals surface area (Å²) in [7, 11) is 0. The standard InChI is InChI=1S/C20H25F2N5S/c1-13(2)26-16(8-14-6-4-3-5-7-14)12-24-19-10-17(21)15(9-18(19)22)11-25-27-20(23)28/h3-7,9-11,13,16,24,26H,8,12H2,1-2H3,(H3,23,27,28)/b25-11+/t16-/m0/s1. The van der Waals surface area contributed by atoms with E-state index >= 15 is 0 Å². The van der Waals surface area contributed by atoms with Crippen LogP contribution in [0.3, 0.4) is 0 Å². The second-order valence-corrected chi connectivity index (χ2v) is 7.12. The molecule has 1 atom stereocenters. The molecule has 0 aliphatic carbocycles. The summed E-state index contributed by atoms with van der Waals surface area (Å²) in [5.74, 6) is -1.17. The van der Waals surface area contributed by atoms with Crippen molar-refractivity contribution < 1.29 is 8.78 Å². The molecule has 0 spiro atoms. The van der Waals surface area contributed by atoms with Gasteiger partial charge in [0.25, 0.3) is 0 Å². The first-order valence-electron chi connectivity index (χ1n) is 8.96. The highest BCUT2D eigenvalue weighted by Gasteiger charge is 2.14. The van der Waals surface area contributed by atoms with Crippen LogP contribution in [0.1, 0.15) is 25.0 Å². The zero-order chi connectivity index (χ0) is 20.5. The van der Waals surface area contributed by atoms with Crippen LogP contribution in [0.5, 0.6) is 0 Å². The van der Waals surface area contributed by atoms with E-state index in [1.165, 1.54) is 5.56 Å². The van der Waals surface area contributed by atoms with Crippen molar-refractivity contribution in [2.45, 2.75) is 32.4 Å². The van der Waals surface area contributed by atoms with E-state index in [0.29, 0.717) is 6.54 Å². The van der Waals surface area contributed by atoms with E-state index in [0.717, 1.165) is 24.8 Å². The molecular formula is C20H25F2N5S. The lowest BCUT2D eigenvalue weighted by Gasteiger charge is -2.23. The van der Waals surface area contributed by atoms with E-state index < -0.39 is 11.6 Å². The lowest BCUT2D eigenvalue weighted by Crippen LogP contribution is -2.41. The van der Waals surface area contributed by atoms with Crippen LogP contribution in [0.4, 0.5) is 14.5 Å². The fraction of sp³-hybridized carbons (Fsp3) is 0.300. The van der Waals surface area contributed by atoms with Crippen molar-refractivity contribution in [3.8, 4) is 0 Å². The lowest BCUT2D eigenvalue weighted by atomic mass is 10.0. The average Bonchev–Trinajstić information content (AvgIpc) is 2.63. The molecule has 0 unspecified atom stereocenters. The summed E-state index contributed by atoms with van der Waals surface area (Å²) in [6, 6.07) is 12.5. The second-order valence-electron chi connectivity index (χ2n) is 6.68. The molecule has 0 heterocycles. The van der Waals surface area contributed by atoms with Crippen LogP contribution < -0.4 is 21.8 Å². The van der Waals surface area contributed by atoms with Gasteiger partial charge in [-0.15, -0.1) is 0 Å². The predicted molar refractivity (Wildman–Crippen MR) is 115 cm³/mol. The maximum absolute atomic E-state index is 14.4. The van der Waals surface area contributed by atoms with Crippen molar-refractivity contribution in [2.24, 2.45) is 10.8 Å². The van der Waals surface area contributed by atoms with Crippen molar-refractivity contribution in [1.29, 1.82) is 0 Å². The van der Waals surface area contributed by atoms with Gasteiger partial charge >= 0.3 is 0 Å². The van der Waals surface area contributed by atoms with Crippen LogP contribution in [-0.4, -0.2) is 30.0 Å². The molecule has 0 saturated carbocycles. The van der Waals surface area contributed by atoms with E-state index in [1.54, 1.807) is 0 Å². The van der Waals surface area contributed by atoms with Crippen LogP contribution in [0, 0.1) is 11.6 Å². The lowest BCUT2D eigenvalue weighted by molar-refractivity contribution is 0.473. The zero-order valence-electron chi connectivity index (χ0n) is 15.9. The Balaban J connectivity index is 2.06. The van der Waals surface area contributed by atoms with Gasteiger partial charge in [0.1, 0.15) is 11.6 Å². The first kappa shape index (κ1) is 21.7. The van der Waals surface area contributed by atoms with E-state index in [9.17, 15) is 8.78 Å². The number of hydrogen-bond acceptors (Lipinski definition) is 4. The SMILES string of the molecule is CC(C)N[C@H](CNc1cc(F)c(/C=N/NC(N)=S)cc1F)Cc1ccccc1. The molecule has 0 aliphatic heterocycles. The Kier molecular flexibility index (Phi) is 8.28. The molecule has 0 amide bonds. The summed E-state index contributed by atoms with van der Waals surface area (Å²) < 4.78 is 28.6. The third-order valence-corrected chi connectivity index (χ3v) is 3.99. The first-order valence-corrected chi connectivity index (χ1v) is 9.37. The highest BCUT2D eigenvalue weighted by atomic mass is 32.1. The Labute approximate surface area is 169 Å². The number of rotatable bonds is 9. The number of nitrogens with zero attached hydrogens (tertiary/aromatic N) is 1. The molecule has 0 radical (unpaired) electrons. The number of nitrogens with two attached hydrogens (primary N) is 1. The van der Waals surface area contributed by atoms with Crippen molar-refractivity contribution in [1.82, 2.24) is 10.7 Å². The molecule has 28 heavy (non-hydrogen) atoms. The molecule has 0 fully saturated rings. The molecule has 0 aliphatic rings. The highest BCUT2D eigenvalue weighted by molar-refractivity contribution is 7.80. The van der Waals surface area contributed by atoms with E-state index in [1.807, 2.05) is 44.2 Å². The minimum absolute atomic E-state index is 0.00654. The largest absolute Gasteiger partial charge is 0.381 e. The molecule has 5 N–H and O–H groups in total. The third kappa shape index (κ3) is 7.21.